The smallest absolute Gasteiger partial charge is 0.319 e. The standard InChI is InChI=1S/C19H29N7O2/c1-24-11-12-25(18(24)28)10-8-20-16(27)19-5-2-3-9-26(19)14-15(13-19)23-17-21-6-4-7-22-17/h4,6-7,15H,2-3,5,8-14H2,1H3,(H,20,27)(H,21,22,23)/t15-,19-/m0/s1. The molecule has 0 spiro atoms. The molecule has 3 fully saturated rings. The van der Waals surface area contributed by atoms with Gasteiger partial charge < -0.3 is 20.4 Å². The number of hydrogen-bond acceptors (Lipinski definition) is 6. The summed E-state index contributed by atoms with van der Waals surface area (Å²) in [5.74, 6) is 0.699. The highest BCUT2D eigenvalue weighted by Crippen LogP contribution is 2.38. The second-order valence-electron chi connectivity index (χ2n) is 8.00. The molecule has 0 aromatic carbocycles. The molecule has 3 aliphatic heterocycles. The van der Waals surface area contributed by atoms with Crippen molar-refractivity contribution >= 4 is 17.9 Å². The minimum Gasteiger partial charge on any atom is -0.353 e. The Balaban J connectivity index is 1.36. The Bertz CT molecular complexity index is 715. The Labute approximate surface area is 165 Å². The van der Waals surface area contributed by atoms with Crippen LogP contribution in [0.4, 0.5) is 10.7 Å². The summed E-state index contributed by atoms with van der Waals surface area (Å²) in [5, 5.41) is 6.50. The SMILES string of the molecule is CN1CCN(CCNC(=O)[C@@]23CCCCN2C[C@@H](Nc2ncccn2)C3)C1=O. The third kappa shape index (κ3) is 3.63. The average molecular weight is 387 g/mol. The van der Waals surface area contributed by atoms with Crippen molar-refractivity contribution < 1.29 is 9.59 Å². The van der Waals surface area contributed by atoms with Crippen LogP contribution in [-0.2, 0) is 4.79 Å². The second-order valence-corrected chi connectivity index (χ2v) is 8.00. The summed E-state index contributed by atoms with van der Waals surface area (Å²) in [5.41, 5.74) is -0.462. The molecule has 2 atom stereocenters. The van der Waals surface area contributed by atoms with Crippen LogP contribution < -0.4 is 10.6 Å². The molecule has 0 aliphatic carbocycles. The Morgan fingerprint density at radius 1 is 1.25 bits per heavy atom. The number of carbonyl (C=O) groups is 2. The van der Waals surface area contributed by atoms with Crippen LogP contribution in [0.5, 0.6) is 0 Å². The van der Waals surface area contributed by atoms with Crippen molar-refractivity contribution in [3.63, 3.8) is 0 Å². The predicted molar refractivity (Wildman–Crippen MR) is 105 cm³/mol. The van der Waals surface area contributed by atoms with Gasteiger partial charge in [0.05, 0.1) is 0 Å². The van der Waals surface area contributed by atoms with Crippen LogP contribution in [0.3, 0.4) is 0 Å². The van der Waals surface area contributed by atoms with E-state index in [0.29, 0.717) is 19.0 Å². The highest BCUT2D eigenvalue weighted by Gasteiger charge is 2.51. The molecule has 152 valence electrons. The molecule has 0 unspecified atom stereocenters. The van der Waals surface area contributed by atoms with Crippen molar-refractivity contribution in [1.29, 1.82) is 0 Å². The fourth-order valence-corrected chi connectivity index (χ4v) is 4.71. The van der Waals surface area contributed by atoms with Gasteiger partial charge in [-0.15, -0.1) is 0 Å². The molecule has 3 amide bonds. The monoisotopic (exact) mass is 387 g/mol. The minimum absolute atomic E-state index is 0.0414. The van der Waals surface area contributed by atoms with Crippen LogP contribution in [0.2, 0.25) is 0 Å². The van der Waals surface area contributed by atoms with E-state index in [4.69, 9.17) is 0 Å². The number of amides is 3. The number of anilines is 1. The van der Waals surface area contributed by atoms with Crippen molar-refractivity contribution in [3.05, 3.63) is 18.5 Å². The first-order valence-electron chi connectivity index (χ1n) is 10.2. The number of fused-ring (bicyclic) bond motifs is 1. The van der Waals surface area contributed by atoms with Crippen molar-refractivity contribution in [2.45, 2.75) is 37.3 Å². The largest absolute Gasteiger partial charge is 0.353 e. The molecule has 0 bridgehead atoms. The van der Waals surface area contributed by atoms with Gasteiger partial charge in [-0.05, 0) is 38.3 Å². The quantitative estimate of drug-likeness (QED) is 0.733. The summed E-state index contributed by atoms with van der Waals surface area (Å²) in [6, 6.07) is 1.99. The molecule has 4 rings (SSSR count). The molecular weight excluding hydrogens is 358 g/mol. The number of nitrogens with zero attached hydrogens (tertiary/aromatic N) is 5. The summed E-state index contributed by atoms with van der Waals surface area (Å²) in [6.07, 6.45) is 7.25. The predicted octanol–water partition coefficient (Wildman–Crippen LogP) is 0.369. The number of aromatic nitrogens is 2. The molecule has 28 heavy (non-hydrogen) atoms. The normalized spacial score (nSPS) is 27.8. The Morgan fingerprint density at radius 2 is 2.07 bits per heavy atom. The number of urea groups is 1. The lowest BCUT2D eigenvalue weighted by atomic mass is 9.84. The lowest BCUT2D eigenvalue weighted by Gasteiger charge is -2.40. The number of nitrogens with one attached hydrogen (secondary N) is 2. The van der Waals surface area contributed by atoms with Gasteiger partial charge in [-0.25, -0.2) is 14.8 Å². The third-order valence-electron chi connectivity index (χ3n) is 6.19. The Kier molecular flexibility index (Phi) is 5.34. The number of hydrogen-bond donors (Lipinski definition) is 2. The molecule has 4 heterocycles. The van der Waals surface area contributed by atoms with Gasteiger partial charge in [0.15, 0.2) is 0 Å². The van der Waals surface area contributed by atoms with E-state index in [0.717, 1.165) is 51.9 Å². The van der Waals surface area contributed by atoms with E-state index < -0.39 is 5.54 Å². The van der Waals surface area contributed by atoms with E-state index >= 15 is 0 Å². The molecular formula is C19H29N7O2. The molecule has 9 nitrogen and oxygen atoms in total. The van der Waals surface area contributed by atoms with Gasteiger partial charge in [0.25, 0.3) is 0 Å². The number of piperidine rings is 1. The molecule has 1 aromatic heterocycles. The maximum absolute atomic E-state index is 13.2. The van der Waals surface area contributed by atoms with Crippen LogP contribution >= 0.6 is 0 Å². The molecule has 3 saturated heterocycles. The van der Waals surface area contributed by atoms with Gasteiger partial charge >= 0.3 is 6.03 Å². The molecule has 0 radical (unpaired) electrons. The van der Waals surface area contributed by atoms with Crippen LogP contribution in [0.15, 0.2) is 18.5 Å². The summed E-state index contributed by atoms with van der Waals surface area (Å²) < 4.78 is 0. The first-order chi connectivity index (χ1) is 13.6. The summed E-state index contributed by atoms with van der Waals surface area (Å²) in [6.45, 7) is 4.29. The van der Waals surface area contributed by atoms with Crippen molar-refractivity contribution in [2.75, 3.05) is 51.6 Å². The van der Waals surface area contributed by atoms with E-state index in [9.17, 15) is 9.59 Å². The summed E-state index contributed by atoms with van der Waals surface area (Å²) in [4.78, 5) is 39.5. The maximum atomic E-state index is 13.2. The van der Waals surface area contributed by atoms with Gasteiger partial charge in [-0.2, -0.15) is 0 Å². The highest BCUT2D eigenvalue weighted by molar-refractivity contribution is 5.87. The van der Waals surface area contributed by atoms with Crippen molar-refractivity contribution in [1.82, 2.24) is 30.0 Å². The van der Waals surface area contributed by atoms with Gasteiger partial charge in [0.1, 0.15) is 5.54 Å². The Hall–Kier alpha value is -2.42. The Morgan fingerprint density at radius 3 is 2.82 bits per heavy atom. The number of likely N-dealkylation sites (N-methyl/N-ethyl adjacent to an activating group) is 1. The van der Waals surface area contributed by atoms with E-state index in [1.165, 1.54) is 0 Å². The number of rotatable bonds is 6. The van der Waals surface area contributed by atoms with E-state index in [2.05, 4.69) is 25.5 Å². The number of carbonyl (C=O) groups excluding carboxylic acids is 2. The molecule has 0 saturated carbocycles. The fourth-order valence-electron chi connectivity index (χ4n) is 4.71. The van der Waals surface area contributed by atoms with Crippen LogP contribution in [0.25, 0.3) is 0 Å². The highest BCUT2D eigenvalue weighted by atomic mass is 16.2. The average Bonchev–Trinajstić information content (AvgIpc) is 3.24. The van der Waals surface area contributed by atoms with E-state index in [1.807, 2.05) is 7.05 Å². The second kappa shape index (κ2) is 7.90. The van der Waals surface area contributed by atoms with Crippen LogP contribution in [0.1, 0.15) is 25.7 Å². The van der Waals surface area contributed by atoms with Crippen LogP contribution in [-0.4, -0.2) is 94.5 Å². The van der Waals surface area contributed by atoms with Gasteiger partial charge in [-0.1, -0.05) is 0 Å². The van der Waals surface area contributed by atoms with Crippen molar-refractivity contribution in [2.24, 2.45) is 0 Å². The zero-order valence-electron chi connectivity index (χ0n) is 16.4. The molecule has 1 aromatic rings. The zero-order valence-corrected chi connectivity index (χ0v) is 16.4. The fraction of sp³-hybridized carbons (Fsp3) is 0.684. The summed E-state index contributed by atoms with van der Waals surface area (Å²) in [7, 11) is 1.81. The van der Waals surface area contributed by atoms with Gasteiger partial charge in [0, 0.05) is 58.2 Å². The molecule has 3 aliphatic rings. The first-order valence-corrected chi connectivity index (χ1v) is 10.2. The lowest BCUT2D eigenvalue weighted by molar-refractivity contribution is -0.133. The lowest BCUT2D eigenvalue weighted by Crippen LogP contribution is -2.58. The van der Waals surface area contributed by atoms with Crippen LogP contribution in [0, 0.1) is 0 Å². The van der Waals surface area contributed by atoms with E-state index in [1.54, 1.807) is 28.3 Å². The molecule has 9 heteroatoms. The van der Waals surface area contributed by atoms with Gasteiger partial charge in [0.2, 0.25) is 11.9 Å². The third-order valence-corrected chi connectivity index (χ3v) is 6.19. The van der Waals surface area contributed by atoms with Crippen molar-refractivity contribution in [3.8, 4) is 0 Å². The first kappa shape index (κ1) is 18.9. The minimum atomic E-state index is -0.462. The molecule has 2 N–H and O–H groups in total. The maximum Gasteiger partial charge on any atom is 0.319 e. The zero-order chi connectivity index (χ0) is 19.6. The van der Waals surface area contributed by atoms with E-state index in [-0.39, 0.29) is 18.0 Å². The topological polar surface area (TPSA) is 93.7 Å². The van der Waals surface area contributed by atoms with Gasteiger partial charge in [-0.3, -0.25) is 9.69 Å². The summed E-state index contributed by atoms with van der Waals surface area (Å²) >= 11 is 0.